The molecule has 0 N–H and O–H groups in total. The molecule has 1 heterocycles. The van der Waals surface area contributed by atoms with Crippen LogP contribution < -0.4 is 4.90 Å². The maximum absolute atomic E-state index is 2.62. The van der Waals surface area contributed by atoms with Crippen LogP contribution in [0.4, 0.5) is 11.4 Å². The third-order valence-electron chi connectivity index (χ3n) is 12.9. The van der Waals surface area contributed by atoms with Crippen molar-refractivity contribution in [1.29, 1.82) is 0 Å². The Morgan fingerprint density at radius 3 is 2.31 bits per heavy atom. The minimum atomic E-state index is -0.273. The molecule has 4 aliphatic carbocycles. The van der Waals surface area contributed by atoms with Gasteiger partial charge in [-0.05, 0) is 120 Å². The van der Waals surface area contributed by atoms with Crippen molar-refractivity contribution in [3.63, 3.8) is 0 Å². The van der Waals surface area contributed by atoms with Gasteiger partial charge in [0.1, 0.15) is 0 Å². The molecule has 0 fully saturated rings. The SMILES string of the molecule is CC1C=CC=C[C@@H]1c1cccc(N(c2ccc(C3=Cc4c(n(-c5ccccc5)c5ccccc45)CC3)cc2)C2(C)C=C3C(=CC2)c2ccccc2C3(C)C)c1. The van der Waals surface area contributed by atoms with Crippen molar-refractivity contribution < 1.29 is 0 Å². The number of nitrogens with zero attached hydrogens (tertiary/aromatic N) is 2. The Morgan fingerprint density at radius 2 is 1.47 bits per heavy atom. The number of benzene rings is 5. The van der Waals surface area contributed by atoms with Gasteiger partial charge in [0.15, 0.2) is 0 Å². The smallest absolute Gasteiger partial charge is 0.0646 e. The van der Waals surface area contributed by atoms with E-state index in [1.165, 1.54) is 78.2 Å². The van der Waals surface area contributed by atoms with Crippen LogP contribution in [0.3, 0.4) is 0 Å². The van der Waals surface area contributed by atoms with Crippen molar-refractivity contribution in [3.05, 3.63) is 203 Å². The van der Waals surface area contributed by atoms with Crippen LogP contribution in [0.25, 0.3) is 33.8 Å². The molecule has 0 radical (unpaired) electrons. The van der Waals surface area contributed by atoms with Gasteiger partial charge in [-0.2, -0.15) is 0 Å². The molecule has 55 heavy (non-hydrogen) atoms. The summed E-state index contributed by atoms with van der Waals surface area (Å²) in [7, 11) is 0. The van der Waals surface area contributed by atoms with Crippen molar-refractivity contribution >= 4 is 39.5 Å². The number of anilines is 2. The Morgan fingerprint density at radius 1 is 0.709 bits per heavy atom. The van der Waals surface area contributed by atoms with Gasteiger partial charge in [-0.3, -0.25) is 0 Å². The topological polar surface area (TPSA) is 8.17 Å². The average molecular weight is 713 g/mol. The molecule has 2 heteroatoms. The molecule has 5 aromatic carbocycles. The quantitative estimate of drug-likeness (QED) is 0.167. The third-order valence-corrected chi connectivity index (χ3v) is 12.9. The van der Waals surface area contributed by atoms with E-state index in [-0.39, 0.29) is 11.0 Å². The van der Waals surface area contributed by atoms with Gasteiger partial charge in [-0.1, -0.05) is 142 Å². The van der Waals surface area contributed by atoms with E-state index in [4.69, 9.17) is 0 Å². The number of para-hydroxylation sites is 2. The Bertz CT molecular complexity index is 2620. The van der Waals surface area contributed by atoms with Crippen molar-refractivity contribution in [2.75, 3.05) is 4.90 Å². The van der Waals surface area contributed by atoms with E-state index in [0.29, 0.717) is 11.8 Å². The zero-order valence-corrected chi connectivity index (χ0v) is 32.3. The molecule has 0 spiro atoms. The average Bonchev–Trinajstić information content (AvgIpc) is 3.66. The molecule has 6 aromatic rings. The number of allylic oxidation sites excluding steroid dienone is 7. The zero-order valence-electron chi connectivity index (χ0n) is 32.3. The highest BCUT2D eigenvalue weighted by atomic mass is 15.2. The lowest BCUT2D eigenvalue weighted by Gasteiger charge is -2.44. The van der Waals surface area contributed by atoms with E-state index < -0.39 is 0 Å². The van der Waals surface area contributed by atoms with Gasteiger partial charge < -0.3 is 9.47 Å². The second-order valence-corrected chi connectivity index (χ2v) is 16.8. The second-order valence-electron chi connectivity index (χ2n) is 16.8. The number of fused-ring (bicyclic) bond motifs is 6. The molecule has 0 saturated heterocycles. The summed E-state index contributed by atoms with van der Waals surface area (Å²) in [5.74, 6) is 0.812. The largest absolute Gasteiger partial charge is 0.332 e. The summed E-state index contributed by atoms with van der Waals surface area (Å²) in [6, 6.07) is 47.5. The highest BCUT2D eigenvalue weighted by Gasteiger charge is 2.44. The summed E-state index contributed by atoms with van der Waals surface area (Å²) in [5.41, 5.74) is 17.1. The van der Waals surface area contributed by atoms with Gasteiger partial charge in [0.05, 0.1) is 11.1 Å². The monoisotopic (exact) mass is 712 g/mol. The fourth-order valence-corrected chi connectivity index (χ4v) is 10.1. The second kappa shape index (κ2) is 12.9. The van der Waals surface area contributed by atoms with Gasteiger partial charge in [-0.25, -0.2) is 0 Å². The summed E-state index contributed by atoms with van der Waals surface area (Å²) in [4.78, 5) is 2.62. The number of rotatable bonds is 6. The summed E-state index contributed by atoms with van der Waals surface area (Å²) in [5, 5.41) is 1.32. The van der Waals surface area contributed by atoms with E-state index in [2.05, 4.69) is 207 Å². The van der Waals surface area contributed by atoms with Crippen LogP contribution in [-0.4, -0.2) is 10.1 Å². The molecular weight excluding hydrogens is 665 g/mol. The molecule has 2 unspecified atom stereocenters. The fourth-order valence-electron chi connectivity index (χ4n) is 10.1. The molecular formula is C53H48N2. The Labute approximate surface area is 326 Å². The zero-order chi connectivity index (χ0) is 37.3. The third kappa shape index (κ3) is 5.45. The van der Waals surface area contributed by atoms with Crippen LogP contribution >= 0.6 is 0 Å². The molecule has 270 valence electrons. The van der Waals surface area contributed by atoms with Crippen LogP contribution in [-0.2, 0) is 11.8 Å². The Hall–Kier alpha value is -5.86. The standard InChI is InChI=1S/C53H48N2/c1-36-15-8-9-20-43(36)39-16-14-19-42(33-39)55(53(4)32-31-45-44-21-10-12-23-48(44)52(2,3)49(45)35-53)41-28-25-37(26-29-41)38-27-30-51-47(34-38)46-22-11-13-24-50(46)54(51)40-17-6-5-7-18-40/h5-26,28-29,31,33-36,43H,27,30,32H2,1-4H3/t36?,43-,53?/m0/s1. The summed E-state index contributed by atoms with van der Waals surface area (Å²) >= 11 is 0. The van der Waals surface area contributed by atoms with Gasteiger partial charge in [0, 0.05) is 45.0 Å². The van der Waals surface area contributed by atoms with Gasteiger partial charge in [0.2, 0.25) is 0 Å². The number of aromatic nitrogens is 1. The van der Waals surface area contributed by atoms with Crippen LogP contribution in [0.1, 0.15) is 80.0 Å². The maximum atomic E-state index is 2.62. The lowest BCUT2D eigenvalue weighted by atomic mass is 9.75. The molecule has 0 amide bonds. The predicted molar refractivity (Wildman–Crippen MR) is 233 cm³/mol. The minimum Gasteiger partial charge on any atom is -0.332 e. The van der Waals surface area contributed by atoms with Crippen molar-refractivity contribution in [1.82, 2.24) is 4.57 Å². The molecule has 2 nitrogen and oxygen atoms in total. The van der Waals surface area contributed by atoms with Gasteiger partial charge in [0.25, 0.3) is 0 Å². The highest BCUT2D eigenvalue weighted by Crippen LogP contribution is 2.54. The van der Waals surface area contributed by atoms with E-state index in [0.717, 1.165) is 19.3 Å². The van der Waals surface area contributed by atoms with Gasteiger partial charge >= 0.3 is 0 Å². The van der Waals surface area contributed by atoms with Crippen LogP contribution in [0.5, 0.6) is 0 Å². The highest BCUT2D eigenvalue weighted by molar-refractivity contribution is 5.99. The van der Waals surface area contributed by atoms with Gasteiger partial charge in [-0.15, -0.1) is 0 Å². The molecule has 0 bridgehead atoms. The first-order valence-electron chi connectivity index (χ1n) is 20.1. The molecule has 3 atom stereocenters. The lowest BCUT2D eigenvalue weighted by Crippen LogP contribution is -2.43. The van der Waals surface area contributed by atoms with Crippen LogP contribution in [0.2, 0.25) is 0 Å². The van der Waals surface area contributed by atoms with Crippen LogP contribution in [0.15, 0.2) is 169 Å². The number of hydrogen-bond donors (Lipinski definition) is 0. The Balaban J connectivity index is 1.06. The molecule has 0 saturated carbocycles. The number of hydrogen-bond acceptors (Lipinski definition) is 1. The van der Waals surface area contributed by atoms with E-state index in [1.54, 1.807) is 0 Å². The van der Waals surface area contributed by atoms with E-state index in [9.17, 15) is 0 Å². The van der Waals surface area contributed by atoms with Crippen molar-refractivity contribution in [2.45, 2.75) is 63.8 Å². The van der Waals surface area contributed by atoms with Crippen molar-refractivity contribution in [2.24, 2.45) is 5.92 Å². The Kier molecular flexibility index (Phi) is 7.89. The summed E-state index contributed by atoms with van der Waals surface area (Å²) in [6.07, 6.45) is 19.6. The first kappa shape index (κ1) is 33.7. The first-order valence-corrected chi connectivity index (χ1v) is 20.1. The summed E-state index contributed by atoms with van der Waals surface area (Å²) < 4.78 is 2.47. The normalized spacial score (nSPS) is 22.0. The fraction of sp³-hybridized carbons (Fsp3) is 0.208. The maximum Gasteiger partial charge on any atom is 0.0646 e. The van der Waals surface area contributed by atoms with Crippen LogP contribution in [0, 0.1) is 5.92 Å². The first-order chi connectivity index (χ1) is 26.8. The lowest BCUT2D eigenvalue weighted by molar-refractivity contribution is 0.549. The predicted octanol–water partition coefficient (Wildman–Crippen LogP) is 13.6. The molecule has 0 aliphatic heterocycles. The van der Waals surface area contributed by atoms with E-state index in [1.807, 2.05) is 0 Å². The molecule has 4 aliphatic rings. The molecule has 10 rings (SSSR count). The molecule has 1 aromatic heterocycles. The minimum absolute atomic E-state index is 0.0634. The van der Waals surface area contributed by atoms with E-state index >= 15 is 0 Å². The van der Waals surface area contributed by atoms with Crippen molar-refractivity contribution in [3.8, 4) is 5.69 Å². The summed E-state index contributed by atoms with van der Waals surface area (Å²) in [6.45, 7) is 9.56.